The molecule has 1 unspecified atom stereocenters. The number of carbonyl (C=O) groups is 1. The summed E-state index contributed by atoms with van der Waals surface area (Å²) < 4.78 is 18.6. The first-order valence-electron chi connectivity index (χ1n) is 9.55. The Labute approximate surface area is 155 Å². The first kappa shape index (κ1) is 19.3. The number of ether oxygens (including phenoxy) is 1. The van der Waals surface area contributed by atoms with E-state index in [1.165, 1.54) is 12.1 Å². The quantitative estimate of drug-likeness (QED) is 0.802. The van der Waals surface area contributed by atoms with Crippen LogP contribution in [0.25, 0.3) is 0 Å². The molecule has 2 heterocycles. The number of likely N-dealkylation sites (tertiary alicyclic amines) is 1. The van der Waals surface area contributed by atoms with Gasteiger partial charge in [0.05, 0.1) is 13.2 Å². The fraction of sp³-hybridized carbons (Fsp3) is 0.650. The van der Waals surface area contributed by atoms with Crippen LogP contribution in [0, 0.1) is 11.7 Å². The molecule has 1 amide bonds. The number of rotatable bonds is 5. The van der Waals surface area contributed by atoms with Crippen LogP contribution in [0.4, 0.5) is 4.39 Å². The minimum atomic E-state index is -0.355. The molecule has 0 saturated carbocycles. The standard InChI is InChI=1S/C20H30FN3O2/c1-22(2)19(17-3-5-18(21)6-4-17)20(25)24-9-7-16(8-10-24)15-23-11-13-26-14-12-23/h3-6,16,19H,7-15H2,1-2H3. The molecule has 0 N–H and O–H groups in total. The van der Waals surface area contributed by atoms with E-state index in [0.717, 1.165) is 64.3 Å². The van der Waals surface area contributed by atoms with Gasteiger partial charge >= 0.3 is 0 Å². The van der Waals surface area contributed by atoms with Crippen molar-refractivity contribution < 1.29 is 13.9 Å². The van der Waals surface area contributed by atoms with Crippen molar-refractivity contribution in [1.82, 2.24) is 14.7 Å². The Hall–Kier alpha value is -1.50. The van der Waals surface area contributed by atoms with Gasteiger partial charge in [-0.1, -0.05) is 12.1 Å². The van der Waals surface area contributed by atoms with Crippen LogP contribution in [0.1, 0.15) is 24.4 Å². The van der Waals surface area contributed by atoms with Crippen molar-refractivity contribution in [2.24, 2.45) is 5.92 Å². The Bertz CT molecular complexity index is 579. The average Bonchev–Trinajstić information content (AvgIpc) is 2.64. The van der Waals surface area contributed by atoms with Gasteiger partial charge < -0.3 is 9.64 Å². The number of halogens is 1. The second-order valence-electron chi connectivity index (χ2n) is 7.60. The Balaban J connectivity index is 1.56. The third kappa shape index (κ3) is 4.81. The summed E-state index contributed by atoms with van der Waals surface area (Å²) >= 11 is 0. The summed E-state index contributed by atoms with van der Waals surface area (Å²) in [6, 6.07) is 5.92. The lowest BCUT2D eigenvalue weighted by Gasteiger charge is -2.38. The molecule has 2 saturated heterocycles. The molecule has 2 fully saturated rings. The zero-order chi connectivity index (χ0) is 18.5. The molecule has 0 aliphatic carbocycles. The van der Waals surface area contributed by atoms with Crippen molar-refractivity contribution in [3.63, 3.8) is 0 Å². The summed E-state index contributed by atoms with van der Waals surface area (Å²) in [4.78, 5) is 19.5. The maximum atomic E-state index is 13.2. The molecule has 0 radical (unpaired) electrons. The van der Waals surface area contributed by atoms with Crippen LogP contribution in [-0.2, 0) is 9.53 Å². The molecule has 1 aromatic rings. The summed E-state index contributed by atoms with van der Waals surface area (Å²) in [5.41, 5.74) is 0.844. The van der Waals surface area contributed by atoms with Gasteiger partial charge in [-0.05, 0) is 50.6 Å². The zero-order valence-corrected chi connectivity index (χ0v) is 15.9. The highest BCUT2D eigenvalue weighted by Crippen LogP contribution is 2.25. The first-order valence-corrected chi connectivity index (χ1v) is 9.55. The smallest absolute Gasteiger partial charge is 0.244 e. The van der Waals surface area contributed by atoms with E-state index >= 15 is 0 Å². The number of benzene rings is 1. The minimum Gasteiger partial charge on any atom is -0.379 e. The molecular formula is C20H30FN3O2. The average molecular weight is 363 g/mol. The number of likely N-dealkylation sites (N-methyl/N-ethyl adjacent to an activating group) is 1. The van der Waals surface area contributed by atoms with Crippen molar-refractivity contribution in [1.29, 1.82) is 0 Å². The largest absolute Gasteiger partial charge is 0.379 e. The van der Waals surface area contributed by atoms with Crippen molar-refractivity contribution in [2.45, 2.75) is 18.9 Å². The van der Waals surface area contributed by atoms with E-state index in [-0.39, 0.29) is 17.8 Å². The lowest BCUT2D eigenvalue weighted by atomic mass is 9.94. The van der Waals surface area contributed by atoms with Crippen LogP contribution in [-0.4, -0.2) is 80.6 Å². The molecule has 0 bridgehead atoms. The number of piperidine rings is 1. The SMILES string of the molecule is CN(C)C(C(=O)N1CCC(CN2CCOCC2)CC1)c1ccc(F)cc1. The number of carbonyl (C=O) groups excluding carboxylic acids is 1. The molecule has 144 valence electrons. The van der Waals surface area contributed by atoms with E-state index in [4.69, 9.17) is 4.74 Å². The van der Waals surface area contributed by atoms with E-state index in [0.29, 0.717) is 5.92 Å². The minimum absolute atomic E-state index is 0.117. The van der Waals surface area contributed by atoms with Crippen LogP contribution < -0.4 is 0 Å². The molecule has 6 heteroatoms. The number of amides is 1. The Morgan fingerprint density at radius 1 is 1.15 bits per heavy atom. The van der Waals surface area contributed by atoms with Gasteiger partial charge in [0.2, 0.25) is 5.91 Å². The lowest BCUT2D eigenvalue weighted by Crippen LogP contribution is -2.47. The fourth-order valence-corrected chi connectivity index (χ4v) is 3.96. The molecule has 2 aliphatic heterocycles. The van der Waals surface area contributed by atoms with Crippen LogP contribution in [0.5, 0.6) is 0 Å². The summed E-state index contributed by atoms with van der Waals surface area (Å²) in [6.07, 6.45) is 2.10. The van der Waals surface area contributed by atoms with E-state index in [9.17, 15) is 9.18 Å². The van der Waals surface area contributed by atoms with Gasteiger partial charge in [-0.15, -0.1) is 0 Å². The fourth-order valence-electron chi connectivity index (χ4n) is 3.96. The van der Waals surface area contributed by atoms with Gasteiger partial charge in [-0.25, -0.2) is 4.39 Å². The van der Waals surface area contributed by atoms with E-state index in [2.05, 4.69) is 4.90 Å². The topological polar surface area (TPSA) is 36.0 Å². The van der Waals surface area contributed by atoms with Gasteiger partial charge in [0, 0.05) is 32.7 Å². The third-order valence-corrected chi connectivity index (χ3v) is 5.48. The Morgan fingerprint density at radius 2 is 1.77 bits per heavy atom. The van der Waals surface area contributed by atoms with Crippen molar-refractivity contribution in [3.8, 4) is 0 Å². The summed E-state index contributed by atoms with van der Waals surface area (Å²) in [5.74, 6) is 0.495. The van der Waals surface area contributed by atoms with Gasteiger partial charge in [-0.3, -0.25) is 14.6 Å². The summed E-state index contributed by atoms with van der Waals surface area (Å²) in [6.45, 7) is 6.43. The molecule has 0 aromatic heterocycles. The highest BCUT2D eigenvalue weighted by molar-refractivity contribution is 5.83. The molecule has 26 heavy (non-hydrogen) atoms. The van der Waals surface area contributed by atoms with Crippen molar-refractivity contribution in [2.75, 3.05) is 60.0 Å². The highest BCUT2D eigenvalue weighted by atomic mass is 19.1. The number of nitrogens with zero attached hydrogens (tertiary/aromatic N) is 3. The maximum absolute atomic E-state index is 13.2. The van der Waals surface area contributed by atoms with Gasteiger partial charge in [0.1, 0.15) is 11.9 Å². The first-order chi connectivity index (χ1) is 12.5. The van der Waals surface area contributed by atoms with Gasteiger partial charge in [-0.2, -0.15) is 0 Å². The Kier molecular flexibility index (Phi) is 6.62. The molecular weight excluding hydrogens is 333 g/mol. The maximum Gasteiger partial charge on any atom is 0.244 e. The normalized spacial score (nSPS) is 21.2. The van der Waals surface area contributed by atoms with Crippen molar-refractivity contribution >= 4 is 5.91 Å². The number of hydrogen-bond donors (Lipinski definition) is 0. The molecule has 1 aromatic carbocycles. The van der Waals surface area contributed by atoms with E-state index in [1.807, 2.05) is 23.9 Å². The molecule has 5 nitrogen and oxygen atoms in total. The van der Waals surface area contributed by atoms with Gasteiger partial charge in [0.15, 0.2) is 0 Å². The molecule has 1 atom stereocenters. The second kappa shape index (κ2) is 8.93. The van der Waals surface area contributed by atoms with Crippen LogP contribution >= 0.6 is 0 Å². The van der Waals surface area contributed by atoms with Crippen LogP contribution in [0.3, 0.4) is 0 Å². The highest BCUT2D eigenvalue weighted by Gasteiger charge is 2.31. The van der Waals surface area contributed by atoms with Crippen LogP contribution in [0.2, 0.25) is 0 Å². The molecule has 2 aliphatic rings. The van der Waals surface area contributed by atoms with Gasteiger partial charge in [0.25, 0.3) is 0 Å². The summed E-state index contributed by atoms with van der Waals surface area (Å²) in [5, 5.41) is 0. The van der Waals surface area contributed by atoms with E-state index in [1.54, 1.807) is 12.1 Å². The Morgan fingerprint density at radius 3 is 2.35 bits per heavy atom. The predicted molar refractivity (Wildman–Crippen MR) is 99.4 cm³/mol. The lowest BCUT2D eigenvalue weighted by molar-refractivity contribution is -0.137. The van der Waals surface area contributed by atoms with Crippen molar-refractivity contribution in [3.05, 3.63) is 35.6 Å². The predicted octanol–water partition coefficient (Wildman–Crippen LogP) is 2.00. The van der Waals surface area contributed by atoms with E-state index < -0.39 is 0 Å². The number of hydrogen-bond acceptors (Lipinski definition) is 4. The number of morpholine rings is 1. The zero-order valence-electron chi connectivity index (χ0n) is 15.9. The molecule has 0 spiro atoms. The van der Waals surface area contributed by atoms with Crippen LogP contribution in [0.15, 0.2) is 24.3 Å². The third-order valence-electron chi connectivity index (χ3n) is 5.48. The second-order valence-corrected chi connectivity index (χ2v) is 7.60. The summed E-state index contributed by atoms with van der Waals surface area (Å²) in [7, 11) is 3.80. The monoisotopic (exact) mass is 363 g/mol. The molecule has 3 rings (SSSR count).